The van der Waals surface area contributed by atoms with Gasteiger partial charge in [-0.2, -0.15) is 14.6 Å². The number of pyridine rings is 1. The lowest BCUT2D eigenvalue weighted by atomic mass is 9.45. The van der Waals surface area contributed by atoms with E-state index >= 15 is 0 Å². The van der Waals surface area contributed by atoms with Gasteiger partial charge in [0.1, 0.15) is 5.82 Å². The molecule has 188 valence electrons. The van der Waals surface area contributed by atoms with Gasteiger partial charge in [0.05, 0.1) is 17.6 Å². The van der Waals surface area contributed by atoms with Gasteiger partial charge in [-0.25, -0.2) is 24.1 Å². The summed E-state index contributed by atoms with van der Waals surface area (Å²) in [5, 5.41) is 23.1. The van der Waals surface area contributed by atoms with Gasteiger partial charge in [-0.3, -0.25) is 9.80 Å². The molecule has 1 N–H and O–H groups in total. The Labute approximate surface area is 217 Å². The van der Waals surface area contributed by atoms with Crippen LogP contribution in [0.2, 0.25) is 12.6 Å². The fourth-order valence-corrected chi connectivity index (χ4v) is 4.09. The molecule has 9 nitrogen and oxygen atoms in total. The average molecular weight is 510 g/mol. The van der Waals surface area contributed by atoms with E-state index < -0.39 is 11.9 Å². The van der Waals surface area contributed by atoms with Gasteiger partial charge in [-0.1, -0.05) is 6.58 Å². The van der Waals surface area contributed by atoms with Crippen molar-refractivity contribution in [3.8, 4) is 5.97 Å². The normalized spacial score (nSPS) is 13.9. The van der Waals surface area contributed by atoms with Crippen LogP contribution in [-0.2, 0) is 0 Å². The molecule has 1 aliphatic heterocycles. The van der Waals surface area contributed by atoms with Crippen LogP contribution in [0, 0.1) is 23.0 Å². The molecular formula is C26H21BF2N8O. The van der Waals surface area contributed by atoms with E-state index in [1.165, 1.54) is 35.1 Å². The molecule has 1 amide bonds. The number of anilines is 1. The molecule has 1 fully saturated rings. The number of halogens is 2. The second kappa shape index (κ2) is 10.6. The second-order valence-electron chi connectivity index (χ2n) is 8.76. The Balaban J connectivity index is 1.42. The largest absolute Gasteiger partial charge is 0.305 e. The number of hydrogen-bond donors (Lipinski definition) is 1. The van der Waals surface area contributed by atoms with Crippen LogP contribution < -0.4 is 5.32 Å². The number of imidazole rings is 1. The standard InChI is InChI=1S/C26H21BF2N8O/c1-17(25(18-2-4-20(28)5-3-18)35-36-12-9-27(16-30)10-13-36)21-6-7-24-32-23(15-37(24)34-21)33-26(38)19-8-11-31-22(29)14-19/h2-8,11,14-15H,1,9-10,12-13H2,(H,33,38)/b35-25+. The van der Waals surface area contributed by atoms with Crippen molar-refractivity contribution in [3.05, 3.63) is 96.1 Å². The SMILES string of the molecule is C=C(/C(=N\N1CCB(C#N)CC1)c1ccc(F)cc1)c1ccc2nc(NC(=O)c3ccnc(F)c3)cn2n1. The van der Waals surface area contributed by atoms with E-state index in [-0.39, 0.29) is 23.9 Å². The van der Waals surface area contributed by atoms with E-state index in [4.69, 9.17) is 5.10 Å². The maximum atomic E-state index is 13.6. The van der Waals surface area contributed by atoms with E-state index in [1.54, 1.807) is 24.3 Å². The molecule has 4 heterocycles. The highest BCUT2D eigenvalue weighted by Crippen LogP contribution is 2.22. The fourth-order valence-electron chi connectivity index (χ4n) is 4.09. The van der Waals surface area contributed by atoms with Gasteiger partial charge in [-0.05, 0) is 55.1 Å². The Kier molecular flexibility index (Phi) is 6.91. The molecule has 38 heavy (non-hydrogen) atoms. The number of hydrazone groups is 1. The number of nitrogens with zero attached hydrogens (tertiary/aromatic N) is 7. The Hall–Kier alpha value is -4.92. The highest BCUT2D eigenvalue weighted by Gasteiger charge is 2.23. The summed E-state index contributed by atoms with van der Waals surface area (Å²) in [4.78, 5) is 20.3. The molecule has 4 aromatic rings. The average Bonchev–Trinajstić information content (AvgIpc) is 3.33. The van der Waals surface area contributed by atoms with Crippen LogP contribution in [0.1, 0.15) is 21.6 Å². The topological polar surface area (TPSA) is 112 Å². The minimum absolute atomic E-state index is 0.0107. The summed E-state index contributed by atoms with van der Waals surface area (Å²) >= 11 is 0. The van der Waals surface area contributed by atoms with E-state index in [0.29, 0.717) is 53.9 Å². The van der Waals surface area contributed by atoms with Crippen LogP contribution in [0.4, 0.5) is 14.6 Å². The van der Waals surface area contributed by atoms with E-state index in [1.807, 2.05) is 5.01 Å². The van der Waals surface area contributed by atoms with Crippen molar-refractivity contribution in [1.29, 1.82) is 5.26 Å². The number of benzene rings is 1. The number of nitrogens with one attached hydrogen (secondary N) is 1. The summed E-state index contributed by atoms with van der Waals surface area (Å²) in [7, 11) is 0. The van der Waals surface area contributed by atoms with Crippen molar-refractivity contribution < 1.29 is 13.6 Å². The smallest absolute Gasteiger partial charge is 0.271 e. The van der Waals surface area contributed by atoms with Crippen molar-refractivity contribution in [1.82, 2.24) is 24.6 Å². The summed E-state index contributed by atoms with van der Waals surface area (Å²) in [6.07, 6.45) is 4.16. The Bertz CT molecular complexity index is 1590. The molecule has 0 atom stereocenters. The van der Waals surface area contributed by atoms with Crippen molar-refractivity contribution in [2.45, 2.75) is 12.6 Å². The zero-order chi connectivity index (χ0) is 26.6. The Morgan fingerprint density at radius 2 is 1.87 bits per heavy atom. The summed E-state index contributed by atoms with van der Waals surface area (Å²) < 4.78 is 28.5. The van der Waals surface area contributed by atoms with Gasteiger partial charge in [-0.15, -0.1) is 0 Å². The lowest BCUT2D eigenvalue weighted by molar-refractivity contribution is 0.102. The maximum Gasteiger partial charge on any atom is 0.271 e. The maximum absolute atomic E-state index is 13.6. The molecule has 1 saturated heterocycles. The molecule has 5 rings (SSSR count). The number of allylic oxidation sites excluding steroid dienone is 1. The van der Waals surface area contributed by atoms with Crippen LogP contribution in [0.15, 0.2) is 72.6 Å². The van der Waals surface area contributed by atoms with Crippen LogP contribution in [0.25, 0.3) is 11.2 Å². The van der Waals surface area contributed by atoms with Crippen molar-refractivity contribution in [3.63, 3.8) is 0 Å². The number of fused-ring (bicyclic) bond motifs is 1. The monoisotopic (exact) mass is 510 g/mol. The predicted molar refractivity (Wildman–Crippen MR) is 140 cm³/mol. The van der Waals surface area contributed by atoms with Crippen LogP contribution in [0.5, 0.6) is 0 Å². The lowest BCUT2D eigenvalue weighted by Gasteiger charge is -2.26. The number of aromatic nitrogens is 4. The number of rotatable bonds is 6. The molecular weight excluding hydrogens is 489 g/mol. The summed E-state index contributed by atoms with van der Waals surface area (Å²) in [5.41, 5.74) is 2.78. The van der Waals surface area contributed by atoms with Crippen molar-refractivity contribution in [2.75, 3.05) is 18.4 Å². The number of carbonyl (C=O) groups is 1. The highest BCUT2D eigenvalue weighted by atomic mass is 19.1. The second-order valence-corrected chi connectivity index (χ2v) is 8.76. The van der Waals surface area contributed by atoms with E-state index in [2.05, 4.69) is 32.9 Å². The first-order chi connectivity index (χ1) is 18.4. The van der Waals surface area contributed by atoms with Crippen LogP contribution >= 0.6 is 0 Å². The third-order valence-corrected chi connectivity index (χ3v) is 6.16. The van der Waals surface area contributed by atoms with Gasteiger partial charge < -0.3 is 5.32 Å². The summed E-state index contributed by atoms with van der Waals surface area (Å²) in [6, 6.07) is 11.9. The molecule has 0 spiro atoms. The molecule has 0 unspecified atom stereocenters. The van der Waals surface area contributed by atoms with Gasteiger partial charge in [0.15, 0.2) is 11.5 Å². The van der Waals surface area contributed by atoms with Crippen LogP contribution in [-0.4, -0.2) is 56.0 Å². The number of carbonyl (C=O) groups excluding carboxylic acids is 1. The molecule has 0 bridgehead atoms. The third-order valence-electron chi connectivity index (χ3n) is 6.16. The summed E-state index contributed by atoms with van der Waals surface area (Å²) in [5.74, 6) is 0.879. The quantitative estimate of drug-likeness (QED) is 0.239. The zero-order valence-electron chi connectivity index (χ0n) is 20.2. The number of amides is 1. The number of nitriles is 1. The van der Waals surface area contributed by atoms with E-state index in [0.717, 1.165) is 6.07 Å². The lowest BCUT2D eigenvalue weighted by Crippen LogP contribution is -2.34. The Morgan fingerprint density at radius 1 is 1.11 bits per heavy atom. The van der Waals surface area contributed by atoms with Crippen LogP contribution in [0.3, 0.4) is 0 Å². The first-order valence-electron chi connectivity index (χ1n) is 11.9. The minimum Gasteiger partial charge on any atom is -0.305 e. The minimum atomic E-state index is -0.759. The van der Waals surface area contributed by atoms with Gasteiger partial charge in [0, 0.05) is 48.0 Å². The fraction of sp³-hybridized carbons (Fsp3) is 0.154. The highest BCUT2D eigenvalue weighted by molar-refractivity contribution is 6.67. The molecule has 3 aromatic heterocycles. The Morgan fingerprint density at radius 3 is 2.58 bits per heavy atom. The summed E-state index contributed by atoms with van der Waals surface area (Å²) in [6.45, 7) is 5.47. The molecule has 1 aliphatic rings. The predicted octanol–water partition coefficient (Wildman–Crippen LogP) is 3.95. The molecule has 0 radical (unpaired) electrons. The molecule has 0 aliphatic carbocycles. The van der Waals surface area contributed by atoms with Gasteiger partial charge in [0.2, 0.25) is 5.95 Å². The molecule has 1 aromatic carbocycles. The first-order valence-corrected chi connectivity index (χ1v) is 11.9. The zero-order valence-corrected chi connectivity index (χ0v) is 20.2. The molecule has 12 heteroatoms. The van der Waals surface area contributed by atoms with E-state index in [9.17, 15) is 18.8 Å². The molecule has 0 saturated carbocycles. The van der Waals surface area contributed by atoms with Crippen molar-refractivity contribution in [2.24, 2.45) is 5.10 Å². The third kappa shape index (κ3) is 5.41. The van der Waals surface area contributed by atoms with Gasteiger partial charge in [0.25, 0.3) is 12.6 Å². The first kappa shape index (κ1) is 24.8. The van der Waals surface area contributed by atoms with Crippen molar-refractivity contribution >= 4 is 35.4 Å². The van der Waals surface area contributed by atoms with Gasteiger partial charge >= 0.3 is 0 Å². The number of hydrogen-bond acceptors (Lipinski definition) is 7.